The van der Waals surface area contributed by atoms with Gasteiger partial charge in [0.1, 0.15) is 24.2 Å². The maximum absolute atomic E-state index is 13.0. The number of carbonyl (C=O) groups excluding carboxylic acids is 5. The van der Waals surface area contributed by atoms with Gasteiger partial charge in [0.25, 0.3) is 0 Å². The Labute approximate surface area is 202 Å². The summed E-state index contributed by atoms with van der Waals surface area (Å²) in [5.74, 6) is -3.75. The topological polar surface area (TPSA) is 242 Å². The summed E-state index contributed by atoms with van der Waals surface area (Å²) in [5.41, 5.74) is 10.6. The maximum Gasteiger partial charge on any atom is 0.245 e. The van der Waals surface area contributed by atoms with Crippen LogP contribution in [0.25, 0.3) is 0 Å². The van der Waals surface area contributed by atoms with Crippen LogP contribution < -0.4 is 32.7 Å². The van der Waals surface area contributed by atoms with E-state index < -0.39 is 73.0 Å². The lowest BCUT2D eigenvalue weighted by Crippen LogP contribution is -2.60. The van der Waals surface area contributed by atoms with E-state index in [4.69, 9.17) is 11.5 Å². The van der Waals surface area contributed by atoms with Crippen LogP contribution in [0.4, 0.5) is 0 Å². The van der Waals surface area contributed by atoms with Crippen molar-refractivity contribution in [2.45, 2.75) is 62.9 Å². The first kappa shape index (κ1) is 27.8. The van der Waals surface area contributed by atoms with Crippen molar-refractivity contribution in [3.63, 3.8) is 0 Å². The summed E-state index contributed by atoms with van der Waals surface area (Å²) >= 11 is 0. The zero-order valence-corrected chi connectivity index (χ0v) is 19.5. The first-order valence-corrected chi connectivity index (χ1v) is 11.4. The van der Waals surface area contributed by atoms with Gasteiger partial charge in [0.05, 0.1) is 19.3 Å². The summed E-state index contributed by atoms with van der Waals surface area (Å²) in [4.78, 5) is 69.0. The highest BCUT2D eigenvalue weighted by molar-refractivity contribution is 5.97. The summed E-state index contributed by atoms with van der Waals surface area (Å²) in [6.07, 6.45) is -0.0137. The van der Waals surface area contributed by atoms with Gasteiger partial charge in [0.2, 0.25) is 29.5 Å². The smallest absolute Gasteiger partial charge is 0.245 e. The molecule has 15 heteroatoms. The highest BCUT2D eigenvalue weighted by atomic mass is 16.3. The van der Waals surface area contributed by atoms with E-state index in [1.54, 1.807) is 0 Å². The van der Waals surface area contributed by atoms with Crippen molar-refractivity contribution < 1.29 is 34.2 Å². The van der Waals surface area contributed by atoms with E-state index in [0.29, 0.717) is 19.3 Å². The number of amides is 5. The van der Waals surface area contributed by atoms with Gasteiger partial charge in [-0.1, -0.05) is 0 Å². The summed E-state index contributed by atoms with van der Waals surface area (Å²) in [7, 11) is 0. The molecule has 2 aliphatic rings. The molecule has 2 heterocycles. The number of nitrogens with two attached hydrogens (primary N) is 2. The Kier molecular flexibility index (Phi) is 10.2. The molecule has 2 saturated heterocycles. The van der Waals surface area contributed by atoms with Crippen molar-refractivity contribution in [3.8, 4) is 0 Å². The molecule has 15 nitrogen and oxygen atoms in total. The van der Waals surface area contributed by atoms with Gasteiger partial charge in [0, 0.05) is 13.1 Å². The fourth-order valence-electron chi connectivity index (χ4n) is 3.88. The van der Waals surface area contributed by atoms with Gasteiger partial charge in [-0.05, 0) is 32.6 Å². The molecule has 0 aromatic heterocycles. The Hall–Kier alpha value is -3.46. The summed E-state index contributed by atoms with van der Waals surface area (Å²) in [6, 6.07) is -4.88. The molecule has 0 aromatic carbocycles. The highest BCUT2D eigenvalue weighted by Crippen LogP contribution is 2.18. The molecule has 0 aliphatic carbocycles. The average Bonchev–Trinajstić information content (AvgIpc) is 3.30. The molecule has 2 rings (SSSR count). The third-order valence-corrected chi connectivity index (χ3v) is 5.75. The molecular formula is C20H34N8O7. The fraction of sp³-hybridized carbons (Fsp3) is 0.700. The number of aliphatic hydroxyl groups is 2. The second-order valence-electron chi connectivity index (χ2n) is 8.44. The van der Waals surface area contributed by atoms with Gasteiger partial charge in [-0.2, -0.15) is 0 Å². The van der Waals surface area contributed by atoms with Gasteiger partial charge >= 0.3 is 0 Å². The van der Waals surface area contributed by atoms with E-state index in [9.17, 15) is 34.2 Å². The molecule has 10 N–H and O–H groups in total. The highest BCUT2D eigenvalue weighted by Gasteiger charge is 2.37. The molecule has 35 heavy (non-hydrogen) atoms. The van der Waals surface area contributed by atoms with Crippen LogP contribution in [-0.2, 0) is 24.0 Å². The second-order valence-corrected chi connectivity index (χ2v) is 8.44. The van der Waals surface area contributed by atoms with Crippen LogP contribution in [0.15, 0.2) is 4.99 Å². The summed E-state index contributed by atoms with van der Waals surface area (Å²) in [5, 5.41) is 29.2. The van der Waals surface area contributed by atoms with Crippen LogP contribution >= 0.6 is 0 Å². The van der Waals surface area contributed by atoms with Crippen molar-refractivity contribution in [3.05, 3.63) is 0 Å². The van der Waals surface area contributed by atoms with Gasteiger partial charge in [-0.3, -0.25) is 29.0 Å². The van der Waals surface area contributed by atoms with Gasteiger partial charge in [0.15, 0.2) is 5.96 Å². The first-order chi connectivity index (χ1) is 16.5. The third kappa shape index (κ3) is 7.78. The maximum atomic E-state index is 13.0. The molecule has 196 valence electrons. The lowest BCUT2D eigenvalue weighted by molar-refractivity contribution is -0.140. The minimum atomic E-state index is -1.47. The normalized spacial score (nSPS) is 27.4. The largest absolute Gasteiger partial charge is 0.394 e. The van der Waals surface area contributed by atoms with Crippen LogP contribution in [-0.4, -0.2) is 107 Å². The lowest BCUT2D eigenvalue weighted by atomic mass is 10.1. The number of guanidine groups is 1. The van der Waals surface area contributed by atoms with Crippen LogP contribution in [0, 0.1) is 0 Å². The van der Waals surface area contributed by atoms with Crippen molar-refractivity contribution in [1.82, 2.24) is 26.2 Å². The Morgan fingerprint density at radius 1 is 1.06 bits per heavy atom. The number of hydrogen-bond acceptors (Lipinski definition) is 8. The molecular weight excluding hydrogens is 464 g/mol. The van der Waals surface area contributed by atoms with Crippen molar-refractivity contribution in [2.75, 3.05) is 26.2 Å². The van der Waals surface area contributed by atoms with E-state index in [1.165, 1.54) is 11.8 Å². The van der Waals surface area contributed by atoms with Gasteiger partial charge in [-0.25, -0.2) is 0 Å². The predicted molar refractivity (Wildman–Crippen MR) is 122 cm³/mol. The van der Waals surface area contributed by atoms with Crippen molar-refractivity contribution in [2.24, 2.45) is 16.5 Å². The van der Waals surface area contributed by atoms with E-state index in [2.05, 4.69) is 26.3 Å². The Morgan fingerprint density at radius 3 is 2.34 bits per heavy atom. The van der Waals surface area contributed by atoms with Crippen LogP contribution in [0.1, 0.15) is 32.6 Å². The zero-order chi connectivity index (χ0) is 26.1. The fourth-order valence-corrected chi connectivity index (χ4v) is 3.88. The van der Waals surface area contributed by atoms with Crippen LogP contribution in [0.3, 0.4) is 0 Å². The van der Waals surface area contributed by atoms with E-state index in [1.807, 2.05) is 0 Å². The van der Waals surface area contributed by atoms with Gasteiger partial charge < -0.3 is 47.8 Å². The number of aliphatic imine (C=N–C) groups is 1. The molecule has 0 saturated carbocycles. The molecule has 0 radical (unpaired) electrons. The number of hydrogen-bond donors (Lipinski definition) is 8. The minimum absolute atomic E-state index is 0.102. The number of carbonyl (C=O) groups is 5. The molecule has 0 spiro atoms. The average molecular weight is 499 g/mol. The van der Waals surface area contributed by atoms with Gasteiger partial charge in [-0.15, -0.1) is 0 Å². The molecule has 0 unspecified atom stereocenters. The molecule has 2 aliphatic heterocycles. The van der Waals surface area contributed by atoms with E-state index in [0.717, 1.165) is 0 Å². The SMILES string of the molecule is C[C@@H](O)[C@@H]1NC(=O)[C@H](CO)NC(=O)[C@H](CCCN=C(N)N)NC(=O)[C@@H]2CCCN2C(=O)CNC1=O. The van der Waals surface area contributed by atoms with Crippen LogP contribution in [0.2, 0.25) is 0 Å². The molecule has 5 amide bonds. The van der Waals surface area contributed by atoms with Crippen LogP contribution in [0.5, 0.6) is 0 Å². The van der Waals surface area contributed by atoms with Crippen molar-refractivity contribution >= 4 is 35.5 Å². The standard InChI is InChI=1S/C20H34N8O7/c1-10(30)15-19(35)24-8-14(31)28-7-3-5-13(28)18(34)25-11(4-2-6-23-20(21)22)16(32)26-12(9-29)17(33)27-15/h10-13,15,29-30H,2-9H2,1H3,(H,24,35)(H,25,34)(H,26,32)(H,27,33)(H4,21,22,23)/t10-,11+,12+,13+,15+/m1/s1. The number of aliphatic hydroxyl groups excluding tert-OH is 2. The van der Waals surface area contributed by atoms with E-state index >= 15 is 0 Å². The third-order valence-electron chi connectivity index (χ3n) is 5.75. The zero-order valence-electron chi connectivity index (χ0n) is 19.5. The minimum Gasteiger partial charge on any atom is -0.394 e. The number of nitrogens with zero attached hydrogens (tertiary/aromatic N) is 2. The Balaban J connectivity index is 2.33. The Morgan fingerprint density at radius 2 is 1.71 bits per heavy atom. The quantitative estimate of drug-likeness (QED) is 0.0991. The number of fused-ring (bicyclic) bond motifs is 1. The predicted octanol–water partition coefficient (Wildman–Crippen LogP) is -5.01. The Bertz CT molecular complexity index is 845. The lowest BCUT2D eigenvalue weighted by Gasteiger charge is -2.27. The number of rotatable bonds is 6. The molecule has 5 atom stereocenters. The first-order valence-electron chi connectivity index (χ1n) is 11.4. The summed E-state index contributed by atoms with van der Waals surface area (Å²) < 4.78 is 0. The molecule has 2 fully saturated rings. The molecule has 0 aromatic rings. The van der Waals surface area contributed by atoms with Crippen molar-refractivity contribution in [1.29, 1.82) is 0 Å². The molecule has 0 bridgehead atoms. The van der Waals surface area contributed by atoms with E-state index in [-0.39, 0.29) is 25.5 Å². The number of nitrogens with one attached hydrogen (secondary N) is 4. The summed E-state index contributed by atoms with van der Waals surface area (Å²) in [6.45, 7) is 0.472. The monoisotopic (exact) mass is 498 g/mol. The second kappa shape index (κ2) is 12.9.